The van der Waals surface area contributed by atoms with Crippen molar-refractivity contribution in [3.63, 3.8) is 0 Å². The van der Waals surface area contributed by atoms with E-state index in [0.717, 1.165) is 46.6 Å². The number of rotatable bonds is 4. The Kier molecular flexibility index (Phi) is 4.02. The van der Waals surface area contributed by atoms with Crippen molar-refractivity contribution in [1.29, 1.82) is 0 Å². The summed E-state index contributed by atoms with van der Waals surface area (Å²) in [7, 11) is 0. The molecule has 5 aromatic heterocycles. The Morgan fingerprint density at radius 2 is 1.88 bits per heavy atom. The zero-order chi connectivity index (χ0) is 22.6. The van der Waals surface area contributed by atoms with Crippen LogP contribution in [0.5, 0.6) is 0 Å². The summed E-state index contributed by atoms with van der Waals surface area (Å²) in [6, 6.07) is 12.0. The highest BCUT2D eigenvalue weighted by molar-refractivity contribution is 5.96. The van der Waals surface area contributed by atoms with Crippen molar-refractivity contribution in [1.82, 2.24) is 35.1 Å². The number of para-hydroxylation sites is 1. The molecule has 0 unspecified atom stereocenters. The van der Waals surface area contributed by atoms with Gasteiger partial charge >= 0.3 is 0 Å². The van der Waals surface area contributed by atoms with Crippen molar-refractivity contribution in [3.05, 3.63) is 61.3 Å². The molecule has 0 bridgehead atoms. The Labute approximate surface area is 192 Å². The molecule has 1 aliphatic rings. The number of nitrogens with zero attached hydrogens (tertiary/aromatic N) is 6. The first-order chi connectivity index (χ1) is 16.7. The number of fused-ring (bicyclic) bond motifs is 2. The van der Waals surface area contributed by atoms with E-state index in [9.17, 15) is 0 Å². The van der Waals surface area contributed by atoms with E-state index in [1.807, 2.05) is 36.4 Å². The largest absolute Gasteiger partial charge is 0.472 e. The van der Waals surface area contributed by atoms with Crippen LogP contribution in [0.1, 0.15) is 0 Å². The second-order valence-electron chi connectivity index (χ2n) is 8.39. The summed E-state index contributed by atoms with van der Waals surface area (Å²) < 4.78 is 5.26. The predicted molar refractivity (Wildman–Crippen MR) is 128 cm³/mol. The maximum absolute atomic E-state index is 5.92. The molecule has 6 aromatic rings. The SMILES string of the molecule is NC1CN(c2cncc(-c3ccc4[nH]nc(-c5nc6c(-c7ccoc7)cccc6[nH]5)c4n3)n2)C1. The molecule has 7 rings (SSSR count). The summed E-state index contributed by atoms with van der Waals surface area (Å²) in [6.45, 7) is 1.56. The Bertz CT molecular complexity index is 1640. The van der Waals surface area contributed by atoms with E-state index in [4.69, 9.17) is 25.1 Å². The molecule has 0 amide bonds. The van der Waals surface area contributed by atoms with Crippen LogP contribution in [0.2, 0.25) is 0 Å². The van der Waals surface area contributed by atoms with Crippen molar-refractivity contribution in [2.24, 2.45) is 5.73 Å². The van der Waals surface area contributed by atoms with Gasteiger partial charge < -0.3 is 20.0 Å². The predicted octanol–water partition coefficient (Wildman–Crippen LogP) is 3.37. The van der Waals surface area contributed by atoms with E-state index in [1.54, 1.807) is 24.9 Å². The number of benzene rings is 1. The van der Waals surface area contributed by atoms with Gasteiger partial charge in [0.1, 0.15) is 17.0 Å². The molecule has 0 aliphatic carbocycles. The van der Waals surface area contributed by atoms with E-state index in [-0.39, 0.29) is 6.04 Å². The van der Waals surface area contributed by atoms with Gasteiger partial charge in [0, 0.05) is 30.3 Å². The third-order valence-electron chi connectivity index (χ3n) is 6.09. The van der Waals surface area contributed by atoms with Crippen LogP contribution in [0.25, 0.3) is 56.1 Å². The number of H-pyrrole nitrogens is 2. The molecule has 1 saturated heterocycles. The third-order valence-corrected chi connectivity index (χ3v) is 6.09. The minimum Gasteiger partial charge on any atom is -0.472 e. The molecular weight excluding hydrogens is 430 g/mol. The molecule has 0 saturated carbocycles. The zero-order valence-corrected chi connectivity index (χ0v) is 17.9. The number of nitrogens with one attached hydrogen (secondary N) is 2. The lowest BCUT2D eigenvalue weighted by Crippen LogP contribution is -2.56. The lowest BCUT2D eigenvalue weighted by molar-refractivity contribution is 0.514. The molecule has 1 fully saturated rings. The monoisotopic (exact) mass is 449 g/mol. The van der Waals surface area contributed by atoms with Crippen LogP contribution in [0.3, 0.4) is 0 Å². The average Bonchev–Trinajstić information content (AvgIpc) is 3.60. The van der Waals surface area contributed by atoms with Crippen LogP contribution in [0.15, 0.2) is 65.7 Å². The van der Waals surface area contributed by atoms with Gasteiger partial charge in [0.05, 0.1) is 47.2 Å². The van der Waals surface area contributed by atoms with Gasteiger partial charge in [-0.15, -0.1) is 0 Å². The van der Waals surface area contributed by atoms with Crippen molar-refractivity contribution >= 4 is 27.9 Å². The van der Waals surface area contributed by atoms with Crippen LogP contribution in [0, 0.1) is 0 Å². The minimum absolute atomic E-state index is 0.186. The molecular formula is C24H19N9O. The third kappa shape index (κ3) is 2.96. The quantitative estimate of drug-likeness (QED) is 0.372. The smallest absolute Gasteiger partial charge is 0.161 e. The summed E-state index contributed by atoms with van der Waals surface area (Å²) in [5, 5.41) is 7.57. The zero-order valence-electron chi connectivity index (χ0n) is 17.9. The highest BCUT2D eigenvalue weighted by Gasteiger charge is 2.25. The summed E-state index contributed by atoms with van der Waals surface area (Å²) in [5.74, 6) is 1.44. The first-order valence-electron chi connectivity index (χ1n) is 10.9. The minimum atomic E-state index is 0.186. The summed E-state index contributed by atoms with van der Waals surface area (Å²) in [4.78, 5) is 24.3. The van der Waals surface area contributed by atoms with E-state index in [2.05, 4.69) is 25.1 Å². The van der Waals surface area contributed by atoms with E-state index < -0.39 is 0 Å². The van der Waals surface area contributed by atoms with Crippen LogP contribution in [-0.2, 0) is 0 Å². The highest BCUT2D eigenvalue weighted by Crippen LogP contribution is 2.32. The van der Waals surface area contributed by atoms with Crippen molar-refractivity contribution in [2.45, 2.75) is 6.04 Å². The Morgan fingerprint density at radius 1 is 0.941 bits per heavy atom. The molecule has 6 heterocycles. The number of hydrogen-bond acceptors (Lipinski definition) is 8. The van der Waals surface area contributed by atoms with Crippen LogP contribution in [0.4, 0.5) is 5.82 Å². The summed E-state index contributed by atoms with van der Waals surface area (Å²) >= 11 is 0. The molecule has 166 valence electrons. The molecule has 0 atom stereocenters. The van der Waals surface area contributed by atoms with Gasteiger partial charge in [-0.05, 0) is 24.3 Å². The first kappa shape index (κ1) is 18.9. The Hall–Kier alpha value is -4.57. The molecule has 1 aliphatic heterocycles. The summed E-state index contributed by atoms with van der Waals surface area (Å²) in [5.41, 5.74) is 13.2. The van der Waals surface area contributed by atoms with Crippen LogP contribution >= 0.6 is 0 Å². The van der Waals surface area contributed by atoms with Gasteiger partial charge in [-0.1, -0.05) is 12.1 Å². The fourth-order valence-electron chi connectivity index (χ4n) is 4.33. The average molecular weight is 449 g/mol. The Balaban J connectivity index is 1.31. The number of furan rings is 1. The van der Waals surface area contributed by atoms with Crippen LogP contribution < -0.4 is 10.6 Å². The van der Waals surface area contributed by atoms with Crippen molar-refractivity contribution in [2.75, 3.05) is 18.0 Å². The van der Waals surface area contributed by atoms with Gasteiger partial charge in [-0.25, -0.2) is 15.0 Å². The molecule has 34 heavy (non-hydrogen) atoms. The number of hydrogen-bond donors (Lipinski definition) is 3. The van der Waals surface area contributed by atoms with Gasteiger partial charge in [0.25, 0.3) is 0 Å². The van der Waals surface area contributed by atoms with Gasteiger partial charge in [0.2, 0.25) is 0 Å². The molecule has 10 nitrogen and oxygen atoms in total. The fourth-order valence-corrected chi connectivity index (χ4v) is 4.33. The second-order valence-corrected chi connectivity index (χ2v) is 8.39. The molecule has 0 radical (unpaired) electrons. The number of anilines is 1. The standard InChI is InChI=1S/C24H19N9O/c25-14-10-33(11-14)20-9-26-8-19(27-20)16-4-5-18-22(28-16)23(32-31-18)24-29-17-3-1-2-15(21(17)30-24)13-6-7-34-12-13/h1-9,12,14H,10-11,25H2,(H,29,30)(H,31,32). The van der Waals surface area contributed by atoms with Gasteiger partial charge in [0.15, 0.2) is 11.5 Å². The maximum Gasteiger partial charge on any atom is 0.161 e. The molecule has 4 N–H and O–H groups in total. The summed E-state index contributed by atoms with van der Waals surface area (Å²) in [6.07, 6.45) is 6.84. The lowest BCUT2D eigenvalue weighted by atomic mass is 10.1. The van der Waals surface area contributed by atoms with E-state index in [0.29, 0.717) is 28.4 Å². The van der Waals surface area contributed by atoms with Crippen molar-refractivity contribution < 1.29 is 4.42 Å². The Morgan fingerprint density at radius 3 is 2.74 bits per heavy atom. The number of pyridine rings is 1. The van der Waals surface area contributed by atoms with Crippen LogP contribution in [-0.4, -0.2) is 54.2 Å². The number of aromatic amines is 2. The molecule has 10 heteroatoms. The second kappa shape index (κ2) is 7.22. The first-order valence-corrected chi connectivity index (χ1v) is 10.9. The maximum atomic E-state index is 5.92. The van der Waals surface area contributed by atoms with Crippen molar-refractivity contribution in [3.8, 4) is 34.0 Å². The lowest BCUT2D eigenvalue weighted by Gasteiger charge is -2.37. The van der Waals surface area contributed by atoms with E-state index >= 15 is 0 Å². The van der Waals surface area contributed by atoms with Gasteiger partial charge in [-0.3, -0.25) is 10.1 Å². The molecule has 0 spiro atoms. The highest BCUT2D eigenvalue weighted by atomic mass is 16.3. The fraction of sp³-hybridized carbons (Fsp3) is 0.125. The topological polar surface area (TPSA) is 138 Å². The number of imidazole rings is 1. The van der Waals surface area contributed by atoms with Gasteiger partial charge in [-0.2, -0.15) is 5.10 Å². The van der Waals surface area contributed by atoms with E-state index in [1.165, 1.54) is 0 Å². The normalized spacial score (nSPS) is 14.2. The number of nitrogens with two attached hydrogens (primary N) is 1. The number of aromatic nitrogens is 7. The molecule has 1 aromatic carbocycles.